The van der Waals surface area contributed by atoms with E-state index in [9.17, 15) is 4.79 Å². The molecule has 6 heteroatoms. The maximum atomic E-state index is 12.8. The first-order chi connectivity index (χ1) is 15.1. The largest absolute Gasteiger partial charge is 0.342 e. The minimum Gasteiger partial charge on any atom is -0.342 e. The number of amides is 1. The highest BCUT2D eigenvalue weighted by atomic mass is 32.2. The van der Waals surface area contributed by atoms with E-state index in [1.165, 1.54) is 22.9 Å². The van der Waals surface area contributed by atoms with E-state index in [4.69, 9.17) is 0 Å². The summed E-state index contributed by atoms with van der Waals surface area (Å²) in [5.74, 6) is 2.14. The number of carbonyl (C=O) groups excluding carboxylic acids is 1. The molecule has 0 N–H and O–H groups in total. The molecule has 1 amide bonds. The van der Waals surface area contributed by atoms with Crippen molar-refractivity contribution >= 4 is 17.7 Å². The van der Waals surface area contributed by atoms with E-state index in [0.717, 1.165) is 55.4 Å². The van der Waals surface area contributed by atoms with E-state index in [0.29, 0.717) is 11.7 Å². The molecule has 2 heterocycles. The number of aromatic nitrogens is 3. The number of thioether (sulfide) groups is 1. The zero-order valence-electron chi connectivity index (χ0n) is 18.3. The highest BCUT2D eigenvalue weighted by Gasteiger charge is 2.24. The maximum Gasteiger partial charge on any atom is 0.233 e. The molecule has 1 aliphatic heterocycles. The highest BCUT2D eigenvalue weighted by molar-refractivity contribution is 7.99. The summed E-state index contributed by atoms with van der Waals surface area (Å²) in [4.78, 5) is 14.8. The number of carbonyl (C=O) groups is 1. The summed E-state index contributed by atoms with van der Waals surface area (Å²) in [5.41, 5.74) is 3.65. The molecule has 31 heavy (non-hydrogen) atoms. The van der Waals surface area contributed by atoms with Gasteiger partial charge in [0.1, 0.15) is 0 Å². The van der Waals surface area contributed by atoms with E-state index >= 15 is 0 Å². The lowest BCUT2D eigenvalue weighted by molar-refractivity contribution is -0.129. The van der Waals surface area contributed by atoms with Gasteiger partial charge >= 0.3 is 0 Å². The van der Waals surface area contributed by atoms with Gasteiger partial charge < -0.3 is 9.47 Å². The van der Waals surface area contributed by atoms with Gasteiger partial charge in [-0.1, -0.05) is 65.9 Å². The van der Waals surface area contributed by atoms with Gasteiger partial charge in [-0.15, -0.1) is 10.2 Å². The molecular formula is C25H30N4OS. The maximum absolute atomic E-state index is 12.8. The third-order valence-corrected chi connectivity index (χ3v) is 6.92. The monoisotopic (exact) mass is 434 g/mol. The summed E-state index contributed by atoms with van der Waals surface area (Å²) in [6.07, 6.45) is 3.26. The molecule has 1 saturated heterocycles. The van der Waals surface area contributed by atoms with Crippen LogP contribution in [-0.2, 0) is 17.8 Å². The van der Waals surface area contributed by atoms with Crippen molar-refractivity contribution in [3.05, 3.63) is 65.7 Å². The Morgan fingerprint density at radius 1 is 1.06 bits per heavy atom. The van der Waals surface area contributed by atoms with E-state index in [2.05, 4.69) is 77.1 Å². The first-order valence-electron chi connectivity index (χ1n) is 11.1. The first kappa shape index (κ1) is 21.6. The van der Waals surface area contributed by atoms with E-state index < -0.39 is 0 Å². The average Bonchev–Trinajstić information content (AvgIpc) is 3.21. The van der Waals surface area contributed by atoms with Gasteiger partial charge in [0, 0.05) is 25.2 Å². The molecule has 0 saturated carbocycles. The number of hydrogen-bond acceptors (Lipinski definition) is 4. The van der Waals surface area contributed by atoms with Crippen molar-refractivity contribution in [3.8, 4) is 11.4 Å². The Balaban J connectivity index is 1.31. The number of benzene rings is 2. The van der Waals surface area contributed by atoms with Crippen LogP contribution in [0.3, 0.4) is 0 Å². The second kappa shape index (κ2) is 10.1. The lowest BCUT2D eigenvalue weighted by Crippen LogP contribution is -2.39. The zero-order valence-corrected chi connectivity index (χ0v) is 19.1. The fraction of sp³-hybridized carbons (Fsp3) is 0.400. The van der Waals surface area contributed by atoms with E-state index in [1.54, 1.807) is 0 Å². The van der Waals surface area contributed by atoms with Gasteiger partial charge in [0.2, 0.25) is 5.91 Å². The second-order valence-electron chi connectivity index (χ2n) is 8.22. The molecule has 0 spiro atoms. The molecule has 1 fully saturated rings. The molecule has 0 aliphatic carbocycles. The van der Waals surface area contributed by atoms with Crippen LogP contribution in [0.1, 0.15) is 30.9 Å². The molecule has 0 unspecified atom stereocenters. The standard InChI is InChI=1S/C25H30N4OS/c1-3-29-24(22-11-7-8-19(2)16-22)26-27-25(29)31-18-23(30)28-14-12-21(13-15-28)17-20-9-5-4-6-10-20/h4-11,16,21H,3,12-15,17-18H2,1-2H3. The molecule has 162 valence electrons. The van der Waals surface area contributed by atoms with Crippen molar-refractivity contribution in [3.63, 3.8) is 0 Å². The van der Waals surface area contributed by atoms with Gasteiger partial charge in [0.15, 0.2) is 11.0 Å². The predicted molar refractivity (Wildman–Crippen MR) is 126 cm³/mol. The SMILES string of the molecule is CCn1c(SCC(=O)N2CCC(Cc3ccccc3)CC2)nnc1-c1cccc(C)c1. The van der Waals surface area contributed by atoms with Gasteiger partial charge in [-0.3, -0.25) is 4.79 Å². The van der Waals surface area contributed by atoms with Gasteiger partial charge in [-0.2, -0.15) is 0 Å². The number of nitrogens with zero attached hydrogens (tertiary/aromatic N) is 4. The minimum atomic E-state index is 0.200. The summed E-state index contributed by atoms with van der Waals surface area (Å²) in [6, 6.07) is 19.0. The number of piperidine rings is 1. The molecule has 4 rings (SSSR count). The summed E-state index contributed by atoms with van der Waals surface area (Å²) in [6.45, 7) is 6.65. The Morgan fingerprint density at radius 2 is 1.84 bits per heavy atom. The summed E-state index contributed by atoms with van der Waals surface area (Å²) >= 11 is 1.49. The van der Waals surface area contributed by atoms with Gasteiger partial charge in [0.05, 0.1) is 5.75 Å². The van der Waals surface area contributed by atoms with Crippen LogP contribution in [0, 0.1) is 12.8 Å². The Labute approximate surface area is 188 Å². The molecule has 0 radical (unpaired) electrons. The normalized spacial score (nSPS) is 14.7. The summed E-state index contributed by atoms with van der Waals surface area (Å²) in [5, 5.41) is 9.59. The molecule has 2 aromatic carbocycles. The molecule has 1 aromatic heterocycles. The number of hydrogen-bond donors (Lipinski definition) is 0. The van der Waals surface area contributed by atoms with Gasteiger partial charge in [0.25, 0.3) is 0 Å². The molecule has 1 aliphatic rings. The third kappa shape index (κ3) is 5.37. The topological polar surface area (TPSA) is 51.0 Å². The Hall–Kier alpha value is -2.60. The minimum absolute atomic E-state index is 0.200. The quantitative estimate of drug-likeness (QED) is 0.499. The lowest BCUT2D eigenvalue weighted by atomic mass is 9.90. The molecule has 5 nitrogen and oxygen atoms in total. The molecular weight excluding hydrogens is 404 g/mol. The van der Waals surface area contributed by atoms with Crippen LogP contribution in [0.25, 0.3) is 11.4 Å². The number of likely N-dealkylation sites (tertiary alicyclic amines) is 1. The van der Waals surface area contributed by atoms with Crippen molar-refractivity contribution in [1.82, 2.24) is 19.7 Å². The van der Waals surface area contributed by atoms with Crippen molar-refractivity contribution in [2.75, 3.05) is 18.8 Å². The fourth-order valence-electron chi connectivity index (χ4n) is 4.23. The zero-order chi connectivity index (χ0) is 21.6. The van der Waals surface area contributed by atoms with Crippen molar-refractivity contribution in [2.24, 2.45) is 5.92 Å². The van der Waals surface area contributed by atoms with Gasteiger partial charge in [-0.05, 0) is 50.7 Å². The van der Waals surface area contributed by atoms with Crippen molar-refractivity contribution in [2.45, 2.75) is 44.8 Å². The van der Waals surface area contributed by atoms with Crippen LogP contribution < -0.4 is 0 Å². The summed E-state index contributed by atoms with van der Waals surface area (Å²) in [7, 11) is 0. The Kier molecular flexibility index (Phi) is 7.07. The first-order valence-corrected chi connectivity index (χ1v) is 12.1. The van der Waals surface area contributed by atoms with Crippen molar-refractivity contribution < 1.29 is 4.79 Å². The Bertz CT molecular complexity index is 1010. The molecule has 0 bridgehead atoms. The molecule has 3 aromatic rings. The predicted octanol–water partition coefficient (Wildman–Crippen LogP) is 4.85. The number of rotatable bonds is 7. The molecule has 0 atom stereocenters. The third-order valence-electron chi connectivity index (χ3n) is 5.97. The highest BCUT2D eigenvalue weighted by Crippen LogP contribution is 2.26. The van der Waals surface area contributed by atoms with Gasteiger partial charge in [-0.25, -0.2) is 0 Å². The smallest absolute Gasteiger partial charge is 0.233 e. The van der Waals surface area contributed by atoms with Crippen molar-refractivity contribution in [1.29, 1.82) is 0 Å². The van der Waals surface area contributed by atoms with Crippen LogP contribution in [-0.4, -0.2) is 44.4 Å². The van der Waals surface area contributed by atoms with E-state index in [1.807, 2.05) is 11.0 Å². The summed E-state index contributed by atoms with van der Waals surface area (Å²) < 4.78 is 2.10. The number of aryl methyl sites for hydroxylation is 1. The van der Waals surface area contributed by atoms with Crippen LogP contribution in [0.5, 0.6) is 0 Å². The lowest BCUT2D eigenvalue weighted by Gasteiger charge is -2.32. The average molecular weight is 435 g/mol. The Morgan fingerprint density at radius 3 is 2.55 bits per heavy atom. The fourth-order valence-corrected chi connectivity index (χ4v) is 5.13. The second-order valence-corrected chi connectivity index (χ2v) is 9.16. The van der Waals surface area contributed by atoms with Crippen LogP contribution >= 0.6 is 11.8 Å². The van der Waals surface area contributed by atoms with Crippen LogP contribution in [0.2, 0.25) is 0 Å². The van der Waals surface area contributed by atoms with Crippen LogP contribution in [0.15, 0.2) is 59.8 Å². The van der Waals surface area contributed by atoms with Crippen LogP contribution in [0.4, 0.5) is 0 Å². The van der Waals surface area contributed by atoms with E-state index in [-0.39, 0.29) is 5.91 Å².